The Kier molecular flexibility index (Phi) is 78.4. The van der Waals surface area contributed by atoms with Crippen molar-refractivity contribution in [2.45, 2.75) is 329 Å². The van der Waals surface area contributed by atoms with Gasteiger partial charge in [-0.3, -0.25) is 37.3 Å². The van der Waals surface area contributed by atoms with Crippen molar-refractivity contribution in [2.75, 3.05) is 39.6 Å². The normalized spacial score (nSPS) is 14.7. The van der Waals surface area contributed by atoms with Crippen LogP contribution in [0.4, 0.5) is 0 Å². The molecular weight excluding hydrogens is 1450 g/mol. The highest BCUT2D eigenvalue weighted by Crippen LogP contribution is 2.45. The number of rotatable bonds is 78. The third-order valence-electron chi connectivity index (χ3n) is 17.0. The van der Waals surface area contributed by atoms with E-state index in [4.69, 9.17) is 37.0 Å². The molecule has 19 heteroatoms. The molecule has 3 N–H and O–H groups in total. The fourth-order valence-electron chi connectivity index (χ4n) is 10.7. The topological polar surface area (TPSA) is 237 Å². The zero-order valence-corrected chi connectivity index (χ0v) is 71.3. The predicted octanol–water partition coefficient (Wildman–Crippen LogP) is 25.7. The van der Waals surface area contributed by atoms with Gasteiger partial charge in [0.1, 0.15) is 19.3 Å². The number of carbonyl (C=O) groups excluding carboxylic acids is 4. The van der Waals surface area contributed by atoms with Gasteiger partial charge in [-0.05, 0) is 180 Å². The first-order chi connectivity index (χ1) is 54.7. The number of phosphoric acid groups is 2. The van der Waals surface area contributed by atoms with Crippen LogP contribution in [-0.2, 0) is 65.4 Å². The fraction of sp³-hybridized carbons (Fsp3) is 0.613. The zero-order chi connectivity index (χ0) is 81.7. The van der Waals surface area contributed by atoms with E-state index in [0.717, 1.165) is 225 Å². The molecule has 17 nitrogen and oxygen atoms in total. The molecule has 0 aliphatic carbocycles. The molecule has 5 unspecified atom stereocenters. The van der Waals surface area contributed by atoms with Crippen molar-refractivity contribution in [3.8, 4) is 0 Å². The van der Waals surface area contributed by atoms with E-state index in [1.807, 2.05) is 0 Å². The van der Waals surface area contributed by atoms with E-state index >= 15 is 0 Å². The second-order valence-electron chi connectivity index (χ2n) is 27.6. The molecule has 5 atom stereocenters. The Labute approximate surface area is 678 Å². The highest BCUT2D eigenvalue weighted by atomic mass is 31.2. The van der Waals surface area contributed by atoms with Crippen LogP contribution in [0.3, 0.4) is 0 Å². The van der Waals surface area contributed by atoms with Crippen LogP contribution in [0.25, 0.3) is 0 Å². The maximum Gasteiger partial charge on any atom is 0.472 e. The van der Waals surface area contributed by atoms with Gasteiger partial charge in [0.25, 0.3) is 0 Å². The number of esters is 4. The molecule has 0 aromatic heterocycles. The number of aliphatic hydroxyl groups excluding tert-OH is 1. The lowest BCUT2D eigenvalue weighted by molar-refractivity contribution is -0.161. The molecule has 0 bridgehead atoms. The van der Waals surface area contributed by atoms with Crippen LogP contribution in [0.1, 0.15) is 310 Å². The standard InChI is InChI=1S/C93H150O17P2/c1-5-9-13-17-21-25-29-33-37-40-43-46-50-53-57-61-65-69-73-77-90(95)103-83-88(109-92(97)79-75-71-67-63-59-55-49-36-32-28-24-20-16-12-8-4)85-107-111(99,100)105-81-87(94)82-106-112(101,102)108-86-89(110-93(98)80-76-72-68-64-60-56-52-48-45-42-39-35-31-27-23-19-15-11-7-3)84-104-91(96)78-74-70-66-62-58-54-51-47-44-41-38-34-30-26-22-18-14-10-6-2/h9-16,21-28,33-39,43-49,59,63,87-89,94H,5-8,17-20,29-32,40-42,50-58,60-62,64-86H2,1-4H3,(H,99,100)(H,101,102)/b13-9-,14-10-,15-11-,16-12-,25-21-,26-22-,27-23-,28-24-,37-33-,38-34-,39-35-,46-43-,47-44-,48-45-,49-36-,63-59-. The lowest BCUT2D eigenvalue weighted by atomic mass is 10.1. The highest BCUT2D eigenvalue weighted by molar-refractivity contribution is 7.47. The number of phosphoric ester groups is 2. The SMILES string of the molecule is CC/C=C\C/C=C\C/C=C\C/C=C\CCCCCCCCC(=O)OCC(COP(=O)(O)OCC(O)COP(=O)(O)OCC(COC(=O)CCCCCCCC/C=C\C/C=C\C/C=C\C/C=C\CC)OC(=O)CCCCCCCC/C=C\C/C=C\C/C=C\C/C=C\CC)OC(=O)CCCC/C=C\C/C=C\C/C=C\C/C=C\CC. The monoisotopic (exact) mass is 1600 g/mol. The van der Waals surface area contributed by atoms with Crippen LogP contribution in [-0.4, -0.2) is 96.7 Å². The van der Waals surface area contributed by atoms with Gasteiger partial charge in [0.15, 0.2) is 12.2 Å². The Hall–Kier alpha value is -6.10. The molecule has 0 saturated heterocycles. The maximum atomic E-state index is 13.2. The molecule has 0 aliphatic heterocycles. The predicted molar refractivity (Wildman–Crippen MR) is 463 cm³/mol. The first-order valence-electron chi connectivity index (χ1n) is 42.7. The first-order valence-corrected chi connectivity index (χ1v) is 45.7. The van der Waals surface area contributed by atoms with Gasteiger partial charge in [0.2, 0.25) is 0 Å². The van der Waals surface area contributed by atoms with Crippen molar-refractivity contribution in [2.24, 2.45) is 0 Å². The number of allylic oxidation sites excluding steroid dienone is 32. The molecule has 0 spiro atoms. The Balaban J connectivity index is 5.47. The van der Waals surface area contributed by atoms with Gasteiger partial charge in [-0.2, -0.15) is 0 Å². The fourth-order valence-corrected chi connectivity index (χ4v) is 12.3. The largest absolute Gasteiger partial charge is 0.472 e. The Morgan fingerprint density at radius 2 is 0.438 bits per heavy atom. The molecule has 0 amide bonds. The Bertz CT molecular complexity index is 2890. The molecule has 0 aromatic carbocycles. The number of ether oxygens (including phenoxy) is 4. The van der Waals surface area contributed by atoms with Gasteiger partial charge in [0, 0.05) is 25.7 Å². The van der Waals surface area contributed by atoms with Gasteiger partial charge >= 0.3 is 39.5 Å². The minimum absolute atomic E-state index is 0.0318. The zero-order valence-electron chi connectivity index (χ0n) is 69.5. The minimum atomic E-state index is -5.01. The number of hydrogen-bond acceptors (Lipinski definition) is 15. The van der Waals surface area contributed by atoms with Crippen molar-refractivity contribution in [3.05, 3.63) is 194 Å². The van der Waals surface area contributed by atoms with E-state index in [-0.39, 0.29) is 25.7 Å². The van der Waals surface area contributed by atoms with Gasteiger partial charge in [-0.25, -0.2) is 9.13 Å². The quantitative estimate of drug-likeness (QED) is 0.0169. The van der Waals surface area contributed by atoms with Crippen molar-refractivity contribution in [1.82, 2.24) is 0 Å². The van der Waals surface area contributed by atoms with Crippen molar-refractivity contribution >= 4 is 39.5 Å². The van der Waals surface area contributed by atoms with E-state index < -0.39 is 97.5 Å². The summed E-state index contributed by atoms with van der Waals surface area (Å²) in [5.74, 6) is -2.28. The van der Waals surface area contributed by atoms with E-state index in [9.17, 15) is 43.2 Å². The molecule has 0 fully saturated rings. The highest BCUT2D eigenvalue weighted by Gasteiger charge is 2.30. The molecule has 0 rings (SSSR count). The van der Waals surface area contributed by atoms with E-state index in [1.165, 1.54) is 0 Å². The molecule has 0 saturated carbocycles. The lowest BCUT2D eigenvalue weighted by Gasteiger charge is -2.21. The number of carbonyl (C=O) groups is 4. The van der Waals surface area contributed by atoms with Crippen LogP contribution in [0, 0.1) is 0 Å². The maximum absolute atomic E-state index is 13.2. The second kappa shape index (κ2) is 82.9. The number of aliphatic hydroxyl groups is 1. The van der Waals surface area contributed by atoms with E-state index in [0.29, 0.717) is 32.1 Å². The van der Waals surface area contributed by atoms with Crippen LogP contribution in [0.5, 0.6) is 0 Å². The summed E-state index contributed by atoms with van der Waals surface area (Å²) in [4.78, 5) is 73.3. The summed E-state index contributed by atoms with van der Waals surface area (Å²) in [6, 6.07) is 0. The van der Waals surface area contributed by atoms with Crippen LogP contribution in [0.2, 0.25) is 0 Å². The Morgan fingerprint density at radius 3 is 0.688 bits per heavy atom. The number of hydrogen-bond donors (Lipinski definition) is 3. The van der Waals surface area contributed by atoms with Gasteiger partial charge in [-0.15, -0.1) is 0 Å². The van der Waals surface area contributed by atoms with Gasteiger partial charge in [-0.1, -0.05) is 299 Å². The van der Waals surface area contributed by atoms with E-state index in [1.54, 1.807) is 0 Å². The van der Waals surface area contributed by atoms with Crippen LogP contribution < -0.4 is 0 Å². The average molecular weight is 1600 g/mol. The number of unbranched alkanes of at least 4 members (excludes halogenated alkanes) is 20. The Morgan fingerprint density at radius 1 is 0.250 bits per heavy atom. The first kappa shape index (κ1) is 106. The summed E-state index contributed by atoms with van der Waals surface area (Å²) in [5.41, 5.74) is 0. The van der Waals surface area contributed by atoms with Crippen molar-refractivity contribution in [3.63, 3.8) is 0 Å². The minimum Gasteiger partial charge on any atom is -0.462 e. The smallest absolute Gasteiger partial charge is 0.462 e. The van der Waals surface area contributed by atoms with Crippen molar-refractivity contribution in [1.29, 1.82) is 0 Å². The third kappa shape index (κ3) is 81.9. The molecule has 0 radical (unpaired) electrons. The van der Waals surface area contributed by atoms with Crippen LogP contribution in [0.15, 0.2) is 194 Å². The van der Waals surface area contributed by atoms with Gasteiger partial charge < -0.3 is 33.8 Å². The summed E-state index contributed by atoms with van der Waals surface area (Å²) >= 11 is 0. The van der Waals surface area contributed by atoms with E-state index in [2.05, 4.69) is 222 Å². The summed E-state index contributed by atoms with van der Waals surface area (Å²) in [7, 11) is -10.0. The summed E-state index contributed by atoms with van der Waals surface area (Å²) in [5, 5.41) is 10.7. The molecule has 634 valence electrons. The summed E-state index contributed by atoms with van der Waals surface area (Å²) < 4.78 is 68.8. The van der Waals surface area contributed by atoms with Gasteiger partial charge in [0.05, 0.1) is 26.4 Å². The third-order valence-corrected chi connectivity index (χ3v) is 18.9. The molecule has 112 heavy (non-hydrogen) atoms. The molecular formula is C93H150O17P2. The summed E-state index contributed by atoms with van der Waals surface area (Å²) in [6.07, 6.45) is 102. The van der Waals surface area contributed by atoms with Crippen molar-refractivity contribution < 1.29 is 80.2 Å². The molecule has 0 heterocycles. The molecule has 0 aliphatic rings. The second-order valence-corrected chi connectivity index (χ2v) is 30.5. The lowest BCUT2D eigenvalue weighted by Crippen LogP contribution is -2.30. The average Bonchev–Trinajstić information content (AvgIpc) is 0.898. The van der Waals surface area contributed by atoms with Crippen LogP contribution >= 0.6 is 15.6 Å². The molecule has 0 aromatic rings. The summed E-state index contributed by atoms with van der Waals surface area (Å²) in [6.45, 7) is 4.33.